The summed E-state index contributed by atoms with van der Waals surface area (Å²) >= 11 is 9.18. The summed E-state index contributed by atoms with van der Waals surface area (Å²) in [6.45, 7) is 0. The lowest BCUT2D eigenvalue weighted by molar-refractivity contribution is 0.416. The van der Waals surface area contributed by atoms with Crippen LogP contribution >= 0.6 is 34.7 Å². The van der Waals surface area contributed by atoms with Gasteiger partial charge in [0, 0.05) is 21.7 Å². The van der Waals surface area contributed by atoms with Gasteiger partial charge in [0.1, 0.15) is 17.0 Å². The molecule has 0 saturated carbocycles. The first kappa shape index (κ1) is 17.1. The Labute approximate surface area is 162 Å². The molecule has 1 N–H and O–H groups in total. The Bertz CT molecular complexity index is 1010. The van der Waals surface area contributed by atoms with Crippen molar-refractivity contribution < 1.29 is 9.15 Å². The number of rotatable bonds is 6. The molecule has 0 amide bonds. The van der Waals surface area contributed by atoms with E-state index in [0.29, 0.717) is 27.5 Å². The van der Waals surface area contributed by atoms with Gasteiger partial charge in [0.2, 0.25) is 5.16 Å². The highest BCUT2D eigenvalue weighted by Gasteiger charge is 2.13. The fourth-order valence-corrected chi connectivity index (χ4v) is 4.10. The number of thiazole rings is 1. The van der Waals surface area contributed by atoms with E-state index in [0.717, 1.165) is 21.8 Å². The summed E-state index contributed by atoms with van der Waals surface area (Å²) in [4.78, 5) is 9.13. The van der Waals surface area contributed by atoms with E-state index >= 15 is 0 Å². The van der Waals surface area contributed by atoms with Crippen LogP contribution in [-0.4, -0.2) is 27.3 Å². The molecule has 0 bridgehead atoms. The maximum atomic E-state index is 6.08. The number of thioether (sulfide) groups is 1. The van der Waals surface area contributed by atoms with Crippen LogP contribution in [0.2, 0.25) is 5.02 Å². The van der Waals surface area contributed by atoms with Crippen molar-refractivity contribution in [1.29, 1.82) is 0 Å². The van der Waals surface area contributed by atoms with E-state index in [1.54, 1.807) is 49.2 Å². The van der Waals surface area contributed by atoms with Gasteiger partial charge in [-0.15, -0.1) is 16.4 Å². The lowest BCUT2D eigenvalue weighted by Gasteiger charge is -2.05. The Hall–Kier alpha value is -2.29. The van der Waals surface area contributed by atoms with Gasteiger partial charge in [0.15, 0.2) is 5.82 Å². The molecule has 6 nitrogen and oxygen atoms in total. The lowest BCUT2D eigenvalue weighted by atomic mass is 10.2. The summed E-state index contributed by atoms with van der Waals surface area (Å²) in [5, 5.41) is 11.4. The van der Waals surface area contributed by atoms with Crippen molar-refractivity contribution in [3.05, 3.63) is 52.9 Å². The minimum Gasteiger partial charge on any atom is -0.496 e. The summed E-state index contributed by atoms with van der Waals surface area (Å²) in [6, 6.07) is 7.28. The molecule has 0 unspecified atom stereocenters. The zero-order chi connectivity index (χ0) is 17.9. The van der Waals surface area contributed by atoms with Gasteiger partial charge in [-0.05, 0) is 24.3 Å². The van der Waals surface area contributed by atoms with E-state index in [1.165, 1.54) is 11.8 Å². The number of benzene rings is 1. The number of furan rings is 1. The monoisotopic (exact) mass is 404 g/mol. The molecule has 3 aromatic heterocycles. The second-order valence-corrected chi connectivity index (χ2v) is 7.49. The molecule has 0 aliphatic carbocycles. The van der Waals surface area contributed by atoms with E-state index in [4.69, 9.17) is 20.8 Å². The highest BCUT2D eigenvalue weighted by Crippen LogP contribution is 2.32. The molecular formula is C17H13ClN4O2S2. The lowest BCUT2D eigenvalue weighted by Crippen LogP contribution is -1.89. The molecule has 0 atom stereocenters. The third-order valence-corrected chi connectivity index (χ3v) is 5.61. The van der Waals surface area contributed by atoms with Crippen molar-refractivity contribution in [3.63, 3.8) is 0 Å². The van der Waals surface area contributed by atoms with Crippen LogP contribution in [0.4, 0.5) is 0 Å². The van der Waals surface area contributed by atoms with Crippen LogP contribution in [0.5, 0.6) is 5.75 Å². The number of hydrogen-bond acceptors (Lipinski definition) is 7. The van der Waals surface area contributed by atoms with Gasteiger partial charge < -0.3 is 9.15 Å². The molecule has 0 aliphatic rings. The van der Waals surface area contributed by atoms with Crippen molar-refractivity contribution >= 4 is 34.7 Å². The third-order valence-electron chi connectivity index (χ3n) is 3.55. The minimum atomic E-state index is 0.612. The molecule has 4 aromatic rings. The molecule has 0 spiro atoms. The highest BCUT2D eigenvalue weighted by molar-refractivity contribution is 7.98. The molecule has 1 aromatic carbocycles. The van der Waals surface area contributed by atoms with Crippen LogP contribution in [0.1, 0.15) is 5.69 Å². The first-order valence-corrected chi connectivity index (χ1v) is 9.83. The van der Waals surface area contributed by atoms with Gasteiger partial charge in [-0.1, -0.05) is 23.4 Å². The molecule has 9 heteroatoms. The molecular weight excluding hydrogens is 392 g/mol. The maximum Gasteiger partial charge on any atom is 0.209 e. The normalized spacial score (nSPS) is 11.0. The molecule has 0 radical (unpaired) electrons. The summed E-state index contributed by atoms with van der Waals surface area (Å²) < 4.78 is 10.5. The molecule has 0 saturated heterocycles. The van der Waals surface area contributed by atoms with Gasteiger partial charge in [-0.3, -0.25) is 5.10 Å². The molecule has 3 heterocycles. The Morgan fingerprint density at radius 2 is 2.23 bits per heavy atom. The Morgan fingerprint density at radius 1 is 1.31 bits per heavy atom. The van der Waals surface area contributed by atoms with E-state index in [2.05, 4.69) is 20.2 Å². The average molecular weight is 405 g/mol. The van der Waals surface area contributed by atoms with Gasteiger partial charge >= 0.3 is 0 Å². The minimum absolute atomic E-state index is 0.612. The first-order chi connectivity index (χ1) is 12.7. The third kappa shape index (κ3) is 3.62. The van der Waals surface area contributed by atoms with E-state index < -0.39 is 0 Å². The van der Waals surface area contributed by atoms with Crippen molar-refractivity contribution in [2.75, 3.05) is 7.11 Å². The number of halogens is 1. The Balaban J connectivity index is 1.47. The van der Waals surface area contributed by atoms with Gasteiger partial charge in [-0.25, -0.2) is 9.97 Å². The SMILES string of the molecule is COc1ccc(Cl)cc1-c1nc(SCc2csc(-c3ccoc3)n2)n[nH]1. The van der Waals surface area contributed by atoms with Crippen molar-refractivity contribution in [2.45, 2.75) is 10.9 Å². The maximum absolute atomic E-state index is 6.08. The van der Waals surface area contributed by atoms with Crippen LogP contribution in [-0.2, 0) is 5.75 Å². The number of nitrogens with zero attached hydrogens (tertiary/aromatic N) is 3. The van der Waals surface area contributed by atoms with Crippen LogP contribution in [0.15, 0.2) is 51.7 Å². The van der Waals surface area contributed by atoms with Crippen LogP contribution in [0.3, 0.4) is 0 Å². The van der Waals surface area contributed by atoms with Crippen molar-refractivity contribution in [2.24, 2.45) is 0 Å². The zero-order valence-corrected chi connectivity index (χ0v) is 16.0. The molecule has 4 rings (SSSR count). The largest absolute Gasteiger partial charge is 0.496 e. The summed E-state index contributed by atoms with van der Waals surface area (Å²) in [5.74, 6) is 1.98. The van der Waals surface area contributed by atoms with E-state index in [1.807, 2.05) is 11.4 Å². The molecule has 132 valence electrons. The van der Waals surface area contributed by atoms with Crippen molar-refractivity contribution in [1.82, 2.24) is 20.2 Å². The number of ether oxygens (including phenoxy) is 1. The number of aromatic nitrogens is 4. The zero-order valence-electron chi connectivity index (χ0n) is 13.6. The number of nitrogens with one attached hydrogen (secondary N) is 1. The first-order valence-electron chi connectivity index (χ1n) is 7.59. The Morgan fingerprint density at radius 3 is 3.04 bits per heavy atom. The van der Waals surface area contributed by atoms with E-state index in [9.17, 15) is 0 Å². The highest BCUT2D eigenvalue weighted by atomic mass is 35.5. The molecule has 0 fully saturated rings. The number of methoxy groups -OCH3 is 1. The van der Waals surface area contributed by atoms with Gasteiger partial charge in [-0.2, -0.15) is 0 Å². The van der Waals surface area contributed by atoms with E-state index in [-0.39, 0.29) is 0 Å². The van der Waals surface area contributed by atoms with Gasteiger partial charge in [0.05, 0.1) is 24.6 Å². The predicted molar refractivity (Wildman–Crippen MR) is 103 cm³/mol. The smallest absolute Gasteiger partial charge is 0.209 e. The fraction of sp³-hybridized carbons (Fsp3) is 0.118. The van der Waals surface area contributed by atoms with Crippen LogP contribution < -0.4 is 4.74 Å². The molecule has 26 heavy (non-hydrogen) atoms. The summed E-state index contributed by atoms with van der Waals surface area (Å²) in [5.41, 5.74) is 2.73. The second-order valence-electron chi connectivity index (χ2n) is 5.26. The number of H-pyrrole nitrogens is 1. The predicted octanol–water partition coefficient (Wildman–Crippen LogP) is 5.14. The number of hydrogen-bond donors (Lipinski definition) is 1. The summed E-state index contributed by atoms with van der Waals surface area (Å²) in [6.07, 6.45) is 3.33. The van der Waals surface area contributed by atoms with Crippen molar-refractivity contribution in [3.8, 4) is 27.7 Å². The molecule has 0 aliphatic heterocycles. The van der Waals surface area contributed by atoms with Crippen LogP contribution in [0.25, 0.3) is 22.0 Å². The van der Waals surface area contributed by atoms with Gasteiger partial charge in [0.25, 0.3) is 0 Å². The average Bonchev–Trinajstić information content (AvgIpc) is 3.40. The topological polar surface area (TPSA) is 76.8 Å². The quantitative estimate of drug-likeness (QED) is 0.448. The fourth-order valence-electron chi connectivity index (χ4n) is 2.33. The number of aromatic amines is 1. The standard InChI is InChI=1S/C17H13ClN4O2S2/c1-23-14-3-2-11(18)6-13(14)15-20-17(22-21-15)26-9-12-8-25-16(19-12)10-4-5-24-7-10/h2-8H,9H2,1H3,(H,20,21,22). The summed E-state index contributed by atoms with van der Waals surface area (Å²) in [7, 11) is 1.61. The second kappa shape index (κ2) is 7.53. The van der Waals surface area contributed by atoms with Crippen LogP contribution in [0, 0.1) is 0 Å². The Kier molecular flexibility index (Phi) is 4.96.